The largest absolute Gasteiger partial charge is 0.353 e. The number of carbonyl (C=O) groups excluding carboxylic acids is 1. The molecule has 0 aromatic carbocycles. The molecule has 1 amide bonds. The van der Waals surface area contributed by atoms with Crippen LogP contribution in [-0.2, 0) is 4.79 Å². The van der Waals surface area contributed by atoms with Crippen molar-refractivity contribution in [3.8, 4) is 0 Å². The van der Waals surface area contributed by atoms with Gasteiger partial charge in [-0.15, -0.1) is 0 Å². The molecule has 2 rings (SSSR count). The Morgan fingerprint density at radius 2 is 1.88 bits per heavy atom. The predicted octanol–water partition coefficient (Wildman–Crippen LogP) is 1.79. The maximum atomic E-state index is 12.0. The zero-order valence-electron chi connectivity index (χ0n) is 15.6. The van der Waals surface area contributed by atoms with Crippen LogP contribution in [0.15, 0.2) is 4.52 Å². The Kier molecular flexibility index (Phi) is 6.74. The molecular weight excluding hydrogens is 306 g/mol. The van der Waals surface area contributed by atoms with Crippen LogP contribution in [0, 0.1) is 0 Å². The number of hydrogen-bond acceptors (Lipinski definition) is 6. The van der Waals surface area contributed by atoms with Crippen molar-refractivity contribution in [1.82, 2.24) is 25.3 Å². The fraction of sp³-hybridized carbons (Fsp3) is 0.824. The number of carbonyl (C=O) groups is 1. The molecule has 0 aliphatic carbocycles. The van der Waals surface area contributed by atoms with Crippen LogP contribution in [-0.4, -0.2) is 64.6 Å². The van der Waals surface area contributed by atoms with Gasteiger partial charge in [-0.2, -0.15) is 4.98 Å². The molecule has 1 fully saturated rings. The van der Waals surface area contributed by atoms with Gasteiger partial charge in [0.05, 0.1) is 12.6 Å². The molecule has 0 bridgehead atoms. The highest BCUT2D eigenvalue weighted by Gasteiger charge is 2.26. The summed E-state index contributed by atoms with van der Waals surface area (Å²) in [5.74, 6) is 1.83. The molecule has 0 saturated carbocycles. The van der Waals surface area contributed by atoms with Crippen LogP contribution in [0.5, 0.6) is 0 Å². The first kappa shape index (κ1) is 18.9. The van der Waals surface area contributed by atoms with Gasteiger partial charge in [0.2, 0.25) is 11.8 Å². The van der Waals surface area contributed by atoms with E-state index >= 15 is 0 Å². The van der Waals surface area contributed by atoms with E-state index in [0.29, 0.717) is 12.4 Å². The Balaban J connectivity index is 1.80. The average Bonchev–Trinajstić information content (AvgIpc) is 3.05. The van der Waals surface area contributed by atoms with Crippen LogP contribution in [0.3, 0.4) is 0 Å². The monoisotopic (exact) mass is 337 g/mol. The highest BCUT2D eigenvalue weighted by atomic mass is 16.5. The lowest BCUT2D eigenvalue weighted by Gasteiger charge is -2.36. The second-order valence-corrected chi connectivity index (χ2v) is 7.01. The van der Waals surface area contributed by atoms with Crippen LogP contribution in [0.1, 0.15) is 64.7 Å². The van der Waals surface area contributed by atoms with E-state index in [9.17, 15) is 4.79 Å². The number of aromatic nitrogens is 2. The first-order valence-corrected chi connectivity index (χ1v) is 9.00. The summed E-state index contributed by atoms with van der Waals surface area (Å²) in [5, 5.41) is 7.07. The molecule has 0 spiro atoms. The lowest BCUT2D eigenvalue weighted by Crippen LogP contribution is -2.50. The summed E-state index contributed by atoms with van der Waals surface area (Å²) in [7, 11) is 0. The van der Waals surface area contributed by atoms with Crippen molar-refractivity contribution in [2.75, 3.05) is 32.7 Å². The molecule has 1 saturated heterocycles. The Labute approximate surface area is 144 Å². The van der Waals surface area contributed by atoms with E-state index in [1.54, 1.807) is 0 Å². The van der Waals surface area contributed by atoms with Crippen LogP contribution in [0.4, 0.5) is 0 Å². The molecular formula is C17H31N5O2. The van der Waals surface area contributed by atoms with Gasteiger partial charge in [-0.1, -0.05) is 25.9 Å². The summed E-state index contributed by atoms with van der Waals surface area (Å²) in [6.45, 7) is 14.4. The van der Waals surface area contributed by atoms with Crippen molar-refractivity contribution in [1.29, 1.82) is 0 Å². The third kappa shape index (κ3) is 5.01. The molecule has 0 radical (unpaired) electrons. The minimum absolute atomic E-state index is 0.112. The first-order chi connectivity index (χ1) is 11.4. The zero-order chi connectivity index (χ0) is 17.7. The minimum atomic E-state index is 0.112. The van der Waals surface area contributed by atoms with Gasteiger partial charge in [-0.3, -0.25) is 14.6 Å². The summed E-state index contributed by atoms with van der Waals surface area (Å²) in [4.78, 5) is 21.0. The van der Waals surface area contributed by atoms with Crippen molar-refractivity contribution in [3.63, 3.8) is 0 Å². The van der Waals surface area contributed by atoms with Gasteiger partial charge < -0.3 is 9.84 Å². The molecule has 2 atom stereocenters. The highest BCUT2D eigenvalue weighted by Crippen LogP contribution is 2.21. The number of amides is 1. The van der Waals surface area contributed by atoms with Crippen molar-refractivity contribution in [2.45, 2.75) is 59.0 Å². The Bertz CT molecular complexity index is 523. The molecule has 24 heavy (non-hydrogen) atoms. The summed E-state index contributed by atoms with van der Waals surface area (Å²) in [5.41, 5.74) is 0. The second-order valence-electron chi connectivity index (χ2n) is 7.01. The smallest absolute Gasteiger partial charge is 0.243 e. The molecule has 2 unspecified atom stereocenters. The number of nitrogens with one attached hydrogen (secondary N) is 1. The van der Waals surface area contributed by atoms with Gasteiger partial charge >= 0.3 is 0 Å². The Morgan fingerprint density at radius 1 is 1.21 bits per heavy atom. The minimum Gasteiger partial charge on any atom is -0.353 e. The third-order valence-electron chi connectivity index (χ3n) is 4.67. The van der Waals surface area contributed by atoms with Crippen molar-refractivity contribution >= 4 is 5.91 Å². The predicted molar refractivity (Wildman–Crippen MR) is 92.7 cm³/mol. The molecule has 1 aromatic rings. The van der Waals surface area contributed by atoms with E-state index in [0.717, 1.165) is 38.4 Å². The van der Waals surface area contributed by atoms with Gasteiger partial charge in [-0.25, -0.2) is 0 Å². The molecule has 2 heterocycles. The Hall–Kier alpha value is -1.47. The van der Waals surface area contributed by atoms with Crippen LogP contribution >= 0.6 is 0 Å². The van der Waals surface area contributed by atoms with Gasteiger partial charge in [0.15, 0.2) is 5.82 Å². The fourth-order valence-electron chi connectivity index (χ4n) is 2.74. The molecule has 136 valence electrons. The molecule has 1 aromatic heterocycles. The highest BCUT2D eigenvalue weighted by molar-refractivity contribution is 5.78. The molecule has 1 N–H and O–H groups in total. The maximum Gasteiger partial charge on any atom is 0.243 e. The van der Waals surface area contributed by atoms with E-state index in [2.05, 4.69) is 53.0 Å². The zero-order valence-corrected chi connectivity index (χ0v) is 15.6. The normalized spacial score (nSPS) is 19.4. The Morgan fingerprint density at radius 3 is 2.42 bits per heavy atom. The van der Waals surface area contributed by atoms with Crippen LogP contribution in [0.2, 0.25) is 0 Å². The van der Waals surface area contributed by atoms with E-state index in [4.69, 9.17) is 4.52 Å². The molecule has 7 heteroatoms. The van der Waals surface area contributed by atoms with Crippen molar-refractivity contribution in [3.05, 3.63) is 11.7 Å². The van der Waals surface area contributed by atoms with E-state index in [-0.39, 0.29) is 23.9 Å². The summed E-state index contributed by atoms with van der Waals surface area (Å²) < 4.78 is 5.41. The van der Waals surface area contributed by atoms with Gasteiger partial charge in [0.1, 0.15) is 0 Å². The lowest BCUT2D eigenvalue weighted by molar-refractivity contribution is -0.123. The number of nitrogens with zero attached hydrogens (tertiary/aromatic N) is 4. The van der Waals surface area contributed by atoms with Gasteiger partial charge in [0.25, 0.3) is 0 Å². The SMILES string of the molecule is CCC(C)NC(=O)CN1CCN(C(C)c2nc(C(C)C)no2)CC1. The summed E-state index contributed by atoms with van der Waals surface area (Å²) in [6, 6.07) is 0.354. The molecule has 1 aliphatic rings. The summed E-state index contributed by atoms with van der Waals surface area (Å²) in [6.07, 6.45) is 0.958. The van der Waals surface area contributed by atoms with E-state index < -0.39 is 0 Å². The van der Waals surface area contributed by atoms with E-state index in [1.807, 2.05) is 6.92 Å². The fourth-order valence-corrected chi connectivity index (χ4v) is 2.74. The third-order valence-corrected chi connectivity index (χ3v) is 4.67. The number of rotatable bonds is 7. The van der Waals surface area contributed by atoms with Crippen molar-refractivity contribution in [2.24, 2.45) is 0 Å². The number of piperazine rings is 1. The average molecular weight is 337 g/mol. The second kappa shape index (κ2) is 8.58. The van der Waals surface area contributed by atoms with Gasteiger partial charge in [0, 0.05) is 38.1 Å². The van der Waals surface area contributed by atoms with Crippen LogP contribution in [0.25, 0.3) is 0 Å². The lowest BCUT2D eigenvalue weighted by atomic mass is 10.2. The standard InChI is InChI=1S/C17H31N5O2/c1-6-13(4)18-15(23)11-21-7-9-22(10-8-21)14(5)17-19-16(12(2)3)20-24-17/h12-14H,6-11H2,1-5H3,(H,18,23). The van der Waals surface area contributed by atoms with Crippen molar-refractivity contribution < 1.29 is 9.32 Å². The maximum absolute atomic E-state index is 12.0. The first-order valence-electron chi connectivity index (χ1n) is 9.00. The number of hydrogen-bond donors (Lipinski definition) is 1. The summed E-state index contributed by atoms with van der Waals surface area (Å²) >= 11 is 0. The van der Waals surface area contributed by atoms with E-state index in [1.165, 1.54) is 0 Å². The van der Waals surface area contributed by atoms with Gasteiger partial charge in [-0.05, 0) is 20.3 Å². The molecule has 7 nitrogen and oxygen atoms in total. The quantitative estimate of drug-likeness (QED) is 0.817. The topological polar surface area (TPSA) is 74.5 Å². The van der Waals surface area contributed by atoms with Crippen LogP contribution < -0.4 is 5.32 Å². The molecule has 1 aliphatic heterocycles.